The number of ether oxygens (including phenoxy) is 1. The highest BCUT2D eigenvalue weighted by atomic mass is 16.5. The third-order valence-corrected chi connectivity index (χ3v) is 3.44. The van der Waals surface area contributed by atoms with Crippen molar-refractivity contribution in [1.29, 1.82) is 0 Å². The fourth-order valence-electron chi connectivity index (χ4n) is 2.76. The molecule has 88 valence electrons. The molecule has 3 heteroatoms. The van der Waals surface area contributed by atoms with Crippen LogP contribution in [0.4, 0.5) is 0 Å². The molecule has 0 radical (unpaired) electrons. The molecular weight excluding hydrogens is 188 g/mol. The van der Waals surface area contributed by atoms with Crippen LogP contribution in [0.5, 0.6) is 0 Å². The molecule has 0 bridgehead atoms. The summed E-state index contributed by atoms with van der Waals surface area (Å²) in [5.41, 5.74) is -0.137. The third-order valence-electron chi connectivity index (χ3n) is 3.44. The summed E-state index contributed by atoms with van der Waals surface area (Å²) < 4.78 is 6.09. The van der Waals surface area contributed by atoms with Gasteiger partial charge in [-0.25, -0.2) is 0 Å². The van der Waals surface area contributed by atoms with Crippen molar-refractivity contribution in [3.63, 3.8) is 0 Å². The molecule has 0 aromatic carbocycles. The van der Waals surface area contributed by atoms with E-state index in [1.54, 1.807) is 0 Å². The normalized spacial score (nSPS) is 40.6. The fraction of sp³-hybridized carbons (Fsp3) is 1.00. The summed E-state index contributed by atoms with van der Waals surface area (Å²) in [6, 6.07) is 0.630. The zero-order valence-electron chi connectivity index (χ0n) is 10.2. The molecule has 2 saturated heterocycles. The SMILES string of the molecule is CC1(C)CNC(C)(CC2CCCCN2)O1. The lowest BCUT2D eigenvalue weighted by Crippen LogP contribution is -2.46. The van der Waals surface area contributed by atoms with Crippen molar-refractivity contribution in [2.24, 2.45) is 0 Å². The average molecular weight is 212 g/mol. The number of nitrogens with one attached hydrogen (secondary N) is 2. The molecule has 0 aliphatic carbocycles. The summed E-state index contributed by atoms with van der Waals surface area (Å²) in [7, 11) is 0. The van der Waals surface area contributed by atoms with Crippen LogP contribution in [0.2, 0.25) is 0 Å². The smallest absolute Gasteiger partial charge is 0.118 e. The van der Waals surface area contributed by atoms with E-state index in [1.165, 1.54) is 25.8 Å². The van der Waals surface area contributed by atoms with Gasteiger partial charge in [0, 0.05) is 19.0 Å². The second-order valence-corrected chi connectivity index (χ2v) is 5.80. The van der Waals surface area contributed by atoms with E-state index >= 15 is 0 Å². The Labute approximate surface area is 93.0 Å². The standard InChI is InChI=1S/C12H24N2O/c1-11(2)9-14-12(3,15-11)8-10-6-4-5-7-13-10/h10,13-14H,4-9H2,1-3H3. The highest BCUT2D eigenvalue weighted by Gasteiger charge is 2.41. The fourth-order valence-corrected chi connectivity index (χ4v) is 2.76. The molecule has 2 unspecified atom stereocenters. The predicted octanol–water partition coefficient (Wildman–Crippen LogP) is 1.63. The van der Waals surface area contributed by atoms with Crippen molar-refractivity contribution < 1.29 is 4.74 Å². The van der Waals surface area contributed by atoms with Gasteiger partial charge < -0.3 is 10.1 Å². The van der Waals surface area contributed by atoms with Crippen molar-refractivity contribution in [2.45, 2.75) is 63.8 Å². The first kappa shape index (κ1) is 11.4. The van der Waals surface area contributed by atoms with Gasteiger partial charge in [-0.2, -0.15) is 0 Å². The highest BCUT2D eigenvalue weighted by molar-refractivity contribution is 4.92. The maximum atomic E-state index is 6.09. The van der Waals surface area contributed by atoms with Crippen molar-refractivity contribution in [1.82, 2.24) is 10.6 Å². The third kappa shape index (κ3) is 2.92. The van der Waals surface area contributed by atoms with Crippen LogP contribution in [0.3, 0.4) is 0 Å². The van der Waals surface area contributed by atoms with E-state index in [9.17, 15) is 0 Å². The van der Waals surface area contributed by atoms with Gasteiger partial charge in [0.15, 0.2) is 0 Å². The molecule has 2 N–H and O–H groups in total. The van der Waals surface area contributed by atoms with Crippen molar-refractivity contribution in [3.8, 4) is 0 Å². The van der Waals surface area contributed by atoms with Crippen molar-refractivity contribution in [2.75, 3.05) is 13.1 Å². The summed E-state index contributed by atoms with van der Waals surface area (Å²) >= 11 is 0. The van der Waals surface area contributed by atoms with E-state index in [1.807, 2.05) is 0 Å². The second-order valence-electron chi connectivity index (χ2n) is 5.80. The van der Waals surface area contributed by atoms with E-state index in [2.05, 4.69) is 31.4 Å². The van der Waals surface area contributed by atoms with E-state index in [0.29, 0.717) is 6.04 Å². The van der Waals surface area contributed by atoms with Crippen molar-refractivity contribution >= 4 is 0 Å². The van der Waals surface area contributed by atoms with Crippen LogP contribution < -0.4 is 10.6 Å². The zero-order valence-corrected chi connectivity index (χ0v) is 10.2. The molecule has 2 atom stereocenters. The van der Waals surface area contributed by atoms with Gasteiger partial charge in [0.25, 0.3) is 0 Å². The van der Waals surface area contributed by atoms with Crippen molar-refractivity contribution in [3.05, 3.63) is 0 Å². The topological polar surface area (TPSA) is 33.3 Å². The van der Waals surface area contributed by atoms with Gasteiger partial charge in [0.1, 0.15) is 5.72 Å². The number of rotatable bonds is 2. The Morgan fingerprint density at radius 2 is 2.07 bits per heavy atom. The summed E-state index contributed by atoms with van der Waals surface area (Å²) in [5.74, 6) is 0. The molecule has 3 nitrogen and oxygen atoms in total. The molecule has 2 fully saturated rings. The Morgan fingerprint density at radius 1 is 1.27 bits per heavy atom. The number of hydrogen-bond donors (Lipinski definition) is 2. The van der Waals surface area contributed by atoms with Gasteiger partial charge in [0.05, 0.1) is 5.60 Å². The maximum absolute atomic E-state index is 6.09. The van der Waals surface area contributed by atoms with Gasteiger partial charge in [0.2, 0.25) is 0 Å². The summed E-state index contributed by atoms with van der Waals surface area (Å²) in [6.45, 7) is 8.61. The quantitative estimate of drug-likeness (QED) is 0.730. The Balaban J connectivity index is 1.88. The second kappa shape index (κ2) is 4.04. The molecular formula is C12H24N2O. The largest absolute Gasteiger partial charge is 0.354 e. The minimum atomic E-state index is -0.126. The van der Waals surface area contributed by atoms with Gasteiger partial charge in [-0.1, -0.05) is 6.42 Å². The monoisotopic (exact) mass is 212 g/mol. The van der Waals surface area contributed by atoms with E-state index < -0.39 is 0 Å². The molecule has 0 saturated carbocycles. The molecule has 2 rings (SSSR count). The van der Waals surface area contributed by atoms with Gasteiger partial charge in [-0.05, 0) is 40.2 Å². The Bertz CT molecular complexity index is 224. The Morgan fingerprint density at radius 3 is 2.60 bits per heavy atom. The van der Waals surface area contributed by atoms with Gasteiger partial charge >= 0.3 is 0 Å². The lowest BCUT2D eigenvalue weighted by atomic mass is 9.97. The van der Waals surface area contributed by atoms with E-state index in [-0.39, 0.29) is 11.3 Å². The number of piperidine rings is 1. The zero-order chi connectivity index (χ0) is 10.9. The lowest BCUT2D eigenvalue weighted by molar-refractivity contribution is -0.0886. The Kier molecular flexibility index (Phi) is 3.06. The molecule has 15 heavy (non-hydrogen) atoms. The maximum Gasteiger partial charge on any atom is 0.118 e. The van der Waals surface area contributed by atoms with Crippen LogP contribution in [0, 0.1) is 0 Å². The molecule has 2 heterocycles. The number of hydrogen-bond acceptors (Lipinski definition) is 3. The lowest BCUT2D eigenvalue weighted by Gasteiger charge is -2.33. The first-order chi connectivity index (χ1) is 6.99. The highest BCUT2D eigenvalue weighted by Crippen LogP contribution is 2.30. The molecule has 0 aromatic heterocycles. The minimum absolute atomic E-state index is 0.0105. The van der Waals surface area contributed by atoms with Crippen LogP contribution in [0.15, 0.2) is 0 Å². The molecule has 0 spiro atoms. The first-order valence-corrected chi connectivity index (χ1v) is 6.18. The predicted molar refractivity (Wildman–Crippen MR) is 61.8 cm³/mol. The molecule has 2 aliphatic heterocycles. The molecule has 0 amide bonds. The summed E-state index contributed by atoms with van der Waals surface area (Å²) in [4.78, 5) is 0. The minimum Gasteiger partial charge on any atom is -0.354 e. The molecule has 0 aromatic rings. The van der Waals surface area contributed by atoms with E-state index in [0.717, 1.165) is 13.0 Å². The van der Waals surface area contributed by atoms with Crippen LogP contribution in [0.1, 0.15) is 46.5 Å². The van der Waals surface area contributed by atoms with Crippen LogP contribution >= 0.6 is 0 Å². The van der Waals surface area contributed by atoms with Crippen LogP contribution in [-0.2, 0) is 4.74 Å². The summed E-state index contributed by atoms with van der Waals surface area (Å²) in [6.07, 6.45) is 5.06. The van der Waals surface area contributed by atoms with Gasteiger partial charge in [-0.3, -0.25) is 5.32 Å². The van der Waals surface area contributed by atoms with Crippen LogP contribution in [0.25, 0.3) is 0 Å². The molecule has 2 aliphatic rings. The average Bonchev–Trinajstić information content (AvgIpc) is 2.42. The van der Waals surface area contributed by atoms with E-state index in [4.69, 9.17) is 4.74 Å². The first-order valence-electron chi connectivity index (χ1n) is 6.18. The van der Waals surface area contributed by atoms with Crippen LogP contribution in [-0.4, -0.2) is 30.5 Å². The van der Waals surface area contributed by atoms with Gasteiger partial charge in [-0.15, -0.1) is 0 Å². The summed E-state index contributed by atoms with van der Waals surface area (Å²) in [5, 5.41) is 7.09. The Hall–Kier alpha value is -0.120.